The molecular formula is C9H13NOS. The fraction of sp³-hybridized carbons (Fsp3) is 0.333. The normalized spacial score (nSPS) is 15.4. The Balaban J connectivity index is 2.99. The number of nitrogens with one attached hydrogen (secondary N) is 1. The summed E-state index contributed by atoms with van der Waals surface area (Å²) in [4.78, 5) is 0.645. The molecule has 0 aliphatic heterocycles. The first-order valence-electron chi connectivity index (χ1n) is 3.98. The van der Waals surface area contributed by atoms with Crippen LogP contribution in [0.1, 0.15) is 13.3 Å². The fourth-order valence-corrected chi connectivity index (χ4v) is 2.45. The third kappa shape index (κ3) is 2.08. The molecule has 2 nitrogen and oxygen atoms in total. The third-order valence-electron chi connectivity index (χ3n) is 1.62. The number of benzene rings is 1. The van der Waals surface area contributed by atoms with Gasteiger partial charge in [-0.3, -0.25) is 0 Å². The Bertz CT molecular complexity index is 329. The van der Waals surface area contributed by atoms with Crippen LogP contribution < -0.4 is 0 Å². The van der Waals surface area contributed by atoms with Crippen molar-refractivity contribution in [2.24, 2.45) is 0 Å². The molecule has 0 radical (unpaired) electrons. The van der Waals surface area contributed by atoms with Crippen molar-refractivity contribution >= 4 is 9.73 Å². The molecule has 1 atom stereocenters. The van der Waals surface area contributed by atoms with Gasteiger partial charge in [0.05, 0.1) is 9.73 Å². The Morgan fingerprint density at radius 1 is 1.33 bits per heavy atom. The van der Waals surface area contributed by atoms with E-state index in [0.717, 1.165) is 6.42 Å². The smallest absolute Gasteiger partial charge is 0.0725 e. The summed E-state index contributed by atoms with van der Waals surface area (Å²) in [7, 11) is -2.51. The first-order chi connectivity index (χ1) is 5.67. The molecule has 66 valence electrons. The summed E-state index contributed by atoms with van der Waals surface area (Å²) in [6.07, 6.45) is 0.789. The van der Waals surface area contributed by atoms with E-state index in [2.05, 4.69) is 0 Å². The zero-order chi connectivity index (χ0) is 9.03. The average molecular weight is 183 g/mol. The Labute approximate surface area is 73.6 Å². The lowest BCUT2D eigenvalue weighted by molar-refractivity contribution is 0.673. The molecule has 12 heavy (non-hydrogen) atoms. The van der Waals surface area contributed by atoms with Crippen molar-refractivity contribution in [3.05, 3.63) is 30.3 Å². The monoisotopic (exact) mass is 183 g/mol. The quantitative estimate of drug-likeness (QED) is 0.768. The highest BCUT2D eigenvalue weighted by Gasteiger charge is 2.06. The zero-order valence-electron chi connectivity index (χ0n) is 7.12. The highest BCUT2D eigenvalue weighted by molar-refractivity contribution is 7.92. The Morgan fingerprint density at radius 3 is 2.42 bits per heavy atom. The van der Waals surface area contributed by atoms with Gasteiger partial charge in [-0.15, -0.1) is 0 Å². The summed E-state index contributed by atoms with van der Waals surface area (Å²) < 4.78 is 19.2. The van der Waals surface area contributed by atoms with Crippen molar-refractivity contribution in [2.45, 2.75) is 18.2 Å². The van der Waals surface area contributed by atoms with E-state index < -0.39 is 9.73 Å². The van der Waals surface area contributed by atoms with Crippen LogP contribution in [0.5, 0.6) is 0 Å². The minimum absolute atomic E-state index is 0.455. The van der Waals surface area contributed by atoms with Gasteiger partial charge < -0.3 is 0 Å². The summed E-state index contributed by atoms with van der Waals surface area (Å²) in [5.74, 6) is 0.455. The molecule has 3 heteroatoms. The third-order valence-corrected chi connectivity index (χ3v) is 3.63. The topological polar surface area (TPSA) is 40.9 Å². The molecule has 0 aliphatic carbocycles. The van der Waals surface area contributed by atoms with Crippen molar-refractivity contribution in [1.82, 2.24) is 0 Å². The molecule has 0 fully saturated rings. The van der Waals surface area contributed by atoms with Crippen LogP contribution in [-0.2, 0) is 9.73 Å². The molecule has 1 aromatic rings. The predicted octanol–water partition coefficient (Wildman–Crippen LogP) is 2.50. The number of rotatable bonds is 3. The van der Waals surface area contributed by atoms with Gasteiger partial charge in [-0.2, -0.15) is 0 Å². The van der Waals surface area contributed by atoms with E-state index >= 15 is 0 Å². The lowest BCUT2D eigenvalue weighted by Gasteiger charge is -2.04. The second-order valence-electron chi connectivity index (χ2n) is 2.69. The maximum Gasteiger partial charge on any atom is 0.0725 e. The van der Waals surface area contributed by atoms with Gasteiger partial charge in [0, 0.05) is 10.6 Å². The molecular weight excluding hydrogens is 170 g/mol. The van der Waals surface area contributed by atoms with E-state index in [0.29, 0.717) is 10.6 Å². The van der Waals surface area contributed by atoms with Gasteiger partial charge in [0.1, 0.15) is 0 Å². The lowest BCUT2D eigenvalue weighted by Crippen LogP contribution is -2.03. The second-order valence-corrected chi connectivity index (χ2v) is 4.92. The summed E-state index contributed by atoms with van der Waals surface area (Å²) in [6, 6.07) is 9.01. The van der Waals surface area contributed by atoms with Gasteiger partial charge in [0.25, 0.3) is 0 Å². The standard InChI is InChI=1S/C9H13NOS/c1-2-8-12(10,11)9-6-4-3-5-7-9/h3-7,10H,2,8H2,1H3. The maximum atomic E-state index is 11.7. The first-order valence-corrected chi connectivity index (χ1v) is 5.71. The van der Waals surface area contributed by atoms with Crippen molar-refractivity contribution in [3.63, 3.8) is 0 Å². The SMILES string of the molecule is CCCS(=N)(=O)c1ccccc1. The van der Waals surface area contributed by atoms with Crippen LogP contribution >= 0.6 is 0 Å². The molecule has 0 bridgehead atoms. The van der Waals surface area contributed by atoms with E-state index in [-0.39, 0.29) is 0 Å². The lowest BCUT2D eigenvalue weighted by atomic mass is 10.4. The van der Waals surface area contributed by atoms with Crippen molar-refractivity contribution in [2.75, 3.05) is 5.75 Å². The molecule has 1 aromatic carbocycles. The molecule has 0 spiro atoms. The maximum absolute atomic E-state index is 11.7. The molecule has 0 saturated heterocycles. The molecule has 0 amide bonds. The summed E-state index contributed by atoms with van der Waals surface area (Å²) in [5, 5.41) is 0. The molecule has 0 aliphatic rings. The zero-order valence-corrected chi connectivity index (χ0v) is 7.93. The summed E-state index contributed by atoms with van der Waals surface area (Å²) >= 11 is 0. The van der Waals surface area contributed by atoms with Gasteiger partial charge in [0.15, 0.2) is 0 Å². The summed E-state index contributed by atoms with van der Waals surface area (Å²) in [5.41, 5.74) is 0. The van der Waals surface area contributed by atoms with Gasteiger partial charge in [-0.25, -0.2) is 8.99 Å². The highest BCUT2D eigenvalue weighted by atomic mass is 32.2. The number of hydrogen-bond donors (Lipinski definition) is 1. The Kier molecular flexibility index (Phi) is 2.87. The predicted molar refractivity (Wildman–Crippen MR) is 50.7 cm³/mol. The van der Waals surface area contributed by atoms with Crippen molar-refractivity contribution in [3.8, 4) is 0 Å². The van der Waals surface area contributed by atoms with E-state index in [1.165, 1.54) is 0 Å². The van der Waals surface area contributed by atoms with E-state index in [1.807, 2.05) is 25.1 Å². The van der Waals surface area contributed by atoms with Crippen LogP contribution in [0.4, 0.5) is 0 Å². The van der Waals surface area contributed by atoms with E-state index in [9.17, 15) is 4.21 Å². The number of hydrogen-bond acceptors (Lipinski definition) is 2. The summed E-state index contributed by atoms with van der Waals surface area (Å²) in [6.45, 7) is 1.94. The first kappa shape index (κ1) is 9.26. The molecule has 1 unspecified atom stereocenters. The molecule has 0 aromatic heterocycles. The van der Waals surface area contributed by atoms with Crippen LogP contribution in [0, 0.1) is 4.78 Å². The van der Waals surface area contributed by atoms with Crippen LogP contribution in [0.2, 0.25) is 0 Å². The second kappa shape index (κ2) is 3.72. The fourth-order valence-electron chi connectivity index (χ4n) is 1.05. The van der Waals surface area contributed by atoms with Gasteiger partial charge in [0.2, 0.25) is 0 Å². The van der Waals surface area contributed by atoms with Crippen molar-refractivity contribution in [1.29, 1.82) is 4.78 Å². The molecule has 0 heterocycles. The minimum Gasteiger partial charge on any atom is -0.249 e. The molecule has 1 N–H and O–H groups in total. The Morgan fingerprint density at radius 2 is 1.92 bits per heavy atom. The largest absolute Gasteiger partial charge is 0.249 e. The van der Waals surface area contributed by atoms with Crippen LogP contribution in [0.25, 0.3) is 0 Å². The molecule has 1 rings (SSSR count). The van der Waals surface area contributed by atoms with Crippen molar-refractivity contribution < 1.29 is 4.21 Å². The van der Waals surface area contributed by atoms with Crippen LogP contribution in [-0.4, -0.2) is 9.96 Å². The van der Waals surface area contributed by atoms with Gasteiger partial charge in [-0.1, -0.05) is 25.1 Å². The van der Waals surface area contributed by atoms with Crippen LogP contribution in [0.3, 0.4) is 0 Å². The highest BCUT2D eigenvalue weighted by Crippen LogP contribution is 2.11. The minimum atomic E-state index is -2.51. The van der Waals surface area contributed by atoms with Crippen LogP contribution in [0.15, 0.2) is 35.2 Å². The Hall–Kier alpha value is -0.830. The molecule has 0 saturated carbocycles. The van der Waals surface area contributed by atoms with Gasteiger partial charge in [-0.05, 0) is 18.6 Å². The van der Waals surface area contributed by atoms with E-state index in [4.69, 9.17) is 4.78 Å². The van der Waals surface area contributed by atoms with Gasteiger partial charge >= 0.3 is 0 Å². The van der Waals surface area contributed by atoms with E-state index in [1.54, 1.807) is 12.1 Å². The average Bonchev–Trinajstić information content (AvgIpc) is 2.06.